The molecule has 0 fully saturated rings. The molecule has 160 valence electrons. The minimum atomic E-state index is -8.49. The van der Waals surface area contributed by atoms with Crippen LogP contribution in [0.5, 0.6) is 0 Å². The van der Waals surface area contributed by atoms with Gasteiger partial charge in [0.2, 0.25) is 0 Å². The number of hydrogen-bond donors (Lipinski definition) is 0. The molecule has 1 nitrogen and oxygen atoms in total. The lowest BCUT2D eigenvalue weighted by Crippen LogP contribution is -2.72. The van der Waals surface area contributed by atoms with Gasteiger partial charge < -0.3 is 0 Å². The molecule has 0 saturated heterocycles. The molecule has 0 aromatic carbocycles. The summed E-state index contributed by atoms with van der Waals surface area (Å²) in [4.78, 5) is 9.66. The van der Waals surface area contributed by atoms with E-state index in [1.807, 2.05) is 0 Å². The van der Waals surface area contributed by atoms with Crippen molar-refractivity contribution in [1.29, 1.82) is 0 Å². The number of hydrogen-bond acceptors (Lipinski definition) is 1. The van der Waals surface area contributed by atoms with E-state index in [1.165, 1.54) is 0 Å². The first-order valence-corrected chi connectivity index (χ1v) is 5.63. The van der Waals surface area contributed by atoms with E-state index in [2.05, 4.69) is 0 Å². The molecule has 0 saturated carbocycles. The monoisotopic (exact) mass is 442 g/mol. The molecule has 27 heavy (non-hydrogen) atoms. The lowest BCUT2D eigenvalue weighted by molar-refractivity contribution is -0.450. The SMILES string of the molecule is O=C/C=C(/F)C(F)(F)C(F)(F)C(F)(F)C(F)(F)C(F)(F)C(F)(F)C(F)(F)F. The van der Waals surface area contributed by atoms with Gasteiger partial charge in [-0.3, -0.25) is 4.79 Å². The summed E-state index contributed by atoms with van der Waals surface area (Å²) in [5.41, 5.74) is 0. The van der Waals surface area contributed by atoms with E-state index >= 15 is 0 Å². The Hall–Kier alpha value is -1.71. The van der Waals surface area contributed by atoms with Crippen LogP contribution in [0.1, 0.15) is 0 Å². The highest BCUT2D eigenvalue weighted by Crippen LogP contribution is 2.63. The van der Waals surface area contributed by atoms with Crippen molar-refractivity contribution in [3.63, 3.8) is 0 Å². The second-order valence-corrected chi connectivity index (χ2v) is 4.59. The van der Waals surface area contributed by atoms with Crippen LogP contribution in [0, 0.1) is 0 Å². The van der Waals surface area contributed by atoms with Crippen molar-refractivity contribution in [2.24, 2.45) is 0 Å². The highest BCUT2D eigenvalue weighted by molar-refractivity contribution is 5.66. The number of halogens is 16. The van der Waals surface area contributed by atoms with Gasteiger partial charge in [0.25, 0.3) is 0 Å². The molecule has 0 spiro atoms. The fourth-order valence-corrected chi connectivity index (χ4v) is 1.28. The highest BCUT2D eigenvalue weighted by Gasteiger charge is 2.93. The molecule has 0 aromatic heterocycles. The first kappa shape index (κ1) is 25.3. The van der Waals surface area contributed by atoms with E-state index in [4.69, 9.17) is 0 Å². The summed E-state index contributed by atoms with van der Waals surface area (Å²) in [5.74, 6) is -52.5. The van der Waals surface area contributed by atoms with E-state index in [9.17, 15) is 75.0 Å². The minimum Gasteiger partial charge on any atom is -0.298 e. The third-order valence-electron chi connectivity index (χ3n) is 2.84. The van der Waals surface area contributed by atoms with Crippen LogP contribution in [-0.4, -0.2) is 48.0 Å². The summed E-state index contributed by atoms with van der Waals surface area (Å²) in [6.45, 7) is 0. The number of carbonyl (C=O) groups excluding carboxylic acids is 1. The Morgan fingerprint density at radius 3 is 1.11 bits per heavy atom. The topological polar surface area (TPSA) is 17.1 Å². The third kappa shape index (κ3) is 3.21. The third-order valence-corrected chi connectivity index (χ3v) is 2.84. The number of carbonyl (C=O) groups is 1. The Morgan fingerprint density at radius 2 is 0.815 bits per heavy atom. The average molecular weight is 442 g/mol. The van der Waals surface area contributed by atoms with Gasteiger partial charge in [-0.05, 0) is 0 Å². The van der Waals surface area contributed by atoms with Crippen LogP contribution >= 0.6 is 0 Å². The maximum Gasteiger partial charge on any atom is 0.460 e. The second-order valence-electron chi connectivity index (χ2n) is 4.59. The first-order chi connectivity index (χ1) is 11.5. The van der Waals surface area contributed by atoms with Crippen molar-refractivity contribution in [2.45, 2.75) is 41.7 Å². The van der Waals surface area contributed by atoms with Gasteiger partial charge in [-0.25, -0.2) is 4.39 Å². The normalized spacial score (nSPS) is 16.5. The van der Waals surface area contributed by atoms with E-state index < -0.39 is 59.9 Å². The predicted octanol–water partition coefficient (Wildman–Crippen LogP) is 5.41. The largest absolute Gasteiger partial charge is 0.460 e. The van der Waals surface area contributed by atoms with E-state index in [0.29, 0.717) is 0 Å². The average Bonchev–Trinajstić information content (AvgIpc) is 2.45. The molecule has 0 radical (unpaired) electrons. The van der Waals surface area contributed by atoms with Crippen LogP contribution in [0.2, 0.25) is 0 Å². The standard InChI is InChI=1S/C10H2F16O/c11-3(1-2-27)4(12,13)5(14,15)6(16,17)7(18,19)8(20,21)9(22,23)10(24,25)26/h1-2H/b3-1+. The Kier molecular flexibility index (Phi) is 6.02. The van der Waals surface area contributed by atoms with Crippen molar-refractivity contribution in [2.75, 3.05) is 0 Å². The van der Waals surface area contributed by atoms with Gasteiger partial charge in [-0.15, -0.1) is 0 Å². The summed E-state index contributed by atoms with van der Waals surface area (Å²) in [5, 5.41) is 0. The molecule has 0 aliphatic rings. The van der Waals surface area contributed by atoms with Gasteiger partial charge in [0.05, 0.1) is 0 Å². The molecule has 0 aliphatic heterocycles. The number of rotatable bonds is 7. The number of allylic oxidation sites excluding steroid dienone is 2. The van der Waals surface area contributed by atoms with Gasteiger partial charge in [-0.1, -0.05) is 0 Å². The molecule has 17 heteroatoms. The van der Waals surface area contributed by atoms with Crippen molar-refractivity contribution < 1.29 is 75.0 Å². The lowest BCUT2D eigenvalue weighted by Gasteiger charge is -2.41. The van der Waals surface area contributed by atoms with Gasteiger partial charge in [0.15, 0.2) is 5.83 Å². The zero-order valence-corrected chi connectivity index (χ0v) is 11.6. The van der Waals surface area contributed by atoms with Gasteiger partial charge in [0.1, 0.15) is 6.29 Å². The van der Waals surface area contributed by atoms with Crippen molar-refractivity contribution in [1.82, 2.24) is 0 Å². The summed E-state index contributed by atoms with van der Waals surface area (Å²) >= 11 is 0. The Morgan fingerprint density at radius 1 is 0.519 bits per heavy atom. The summed E-state index contributed by atoms with van der Waals surface area (Å²) in [7, 11) is 0. The van der Waals surface area contributed by atoms with Crippen LogP contribution in [0.4, 0.5) is 70.2 Å². The lowest BCUT2D eigenvalue weighted by atomic mass is 9.90. The Bertz CT molecular complexity index is 597. The zero-order chi connectivity index (χ0) is 22.5. The Labute approximate surface area is 136 Å². The molecule has 0 aromatic rings. The zero-order valence-electron chi connectivity index (χ0n) is 11.6. The summed E-state index contributed by atoms with van der Waals surface area (Å²) in [6.07, 6.45) is -10.1. The van der Waals surface area contributed by atoms with Crippen LogP contribution in [0.25, 0.3) is 0 Å². The van der Waals surface area contributed by atoms with Crippen molar-refractivity contribution in [3.05, 3.63) is 11.9 Å². The molecule has 0 aliphatic carbocycles. The smallest absolute Gasteiger partial charge is 0.298 e. The van der Waals surface area contributed by atoms with Gasteiger partial charge >= 0.3 is 41.7 Å². The summed E-state index contributed by atoms with van der Waals surface area (Å²) < 4.78 is 202. The molecule has 0 amide bonds. The van der Waals surface area contributed by atoms with Crippen molar-refractivity contribution in [3.8, 4) is 0 Å². The second kappa shape index (κ2) is 6.42. The van der Waals surface area contributed by atoms with Crippen LogP contribution in [0.3, 0.4) is 0 Å². The molecule has 0 rings (SSSR count). The molecule has 0 atom stereocenters. The van der Waals surface area contributed by atoms with Crippen LogP contribution in [-0.2, 0) is 4.79 Å². The maximum atomic E-state index is 13.0. The molecule has 0 heterocycles. The molecule has 0 N–H and O–H groups in total. The molecule has 0 unspecified atom stereocenters. The summed E-state index contributed by atoms with van der Waals surface area (Å²) in [6, 6.07) is 0. The van der Waals surface area contributed by atoms with Crippen LogP contribution < -0.4 is 0 Å². The van der Waals surface area contributed by atoms with E-state index in [0.717, 1.165) is 0 Å². The predicted molar refractivity (Wildman–Crippen MR) is 51.0 cm³/mol. The first-order valence-electron chi connectivity index (χ1n) is 5.63. The quantitative estimate of drug-likeness (QED) is 0.293. The maximum absolute atomic E-state index is 13.0. The molecule has 0 bridgehead atoms. The van der Waals surface area contributed by atoms with Crippen LogP contribution in [0.15, 0.2) is 11.9 Å². The number of alkyl halides is 15. The Balaban J connectivity index is 6.64. The van der Waals surface area contributed by atoms with E-state index in [-0.39, 0.29) is 0 Å². The van der Waals surface area contributed by atoms with Gasteiger partial charge in [-0.2, -0.15) is 65.9 Å². The van der Waals surface area contributed by atoms with Gasteiger partial charge in [0, 0.05) is 6.08 Å². The number of aldehydes is 1. The van der Waals surface area contributed by atoms with E-state index in [1.54, 1.807) is 0 Å². The molecular weight excluding hydrogens is 440 g/mol. The minimum absolute atomic E-state index is 1.11. The highest BCUT2D eigenvalue weighted by atomic mass is 19.4. The van der Waals surface area contributed by atoms with Crippen molar-refractivity contribution >= 4 is 6.29 Å². The molecular formula is C10H2F16O. The fraction of sp³-hybridized carbons (Fsp3) is 0.700. The fourth-order valence-electron chi connectivity index (χ4n) is 1.28.